The standard InChI is InChI=1S/C41H51N3O7S2/c1-7-25-23-43-15-13-27-19-35(47-3)37(49-5)21-31(27)33(43)17-29(25)18-34-32-22-38(50-6)36(48-4)20-28(32)14-16-44(34)41(52)53-24-39(45)42-30-11-9-26(10-12-30)40(46)51-8-2/h9-12,19-22,25,29,33-34H,7-8,13-18,23-24H2,1-6H3,(H,42,45). The normalized spacial score (nSPS) is 20.7. The lowest BCUT2D eigenvalue weighted by atomic mass is 9.72. The number of hydrogen-bond donors (Lipinski definition) is 1. The molecule has 4 unspecified atom stereocenters. The average molecular weight is 762 g/mol. The van der Waals surface area contributed by atoms with Crippen molar-refractivity contribution < 1.29 is 33.3 Å². The number of carbonyl (C=O) groups excluding carboxylic acids is 2. The van der Waals surface area contributed by atoms with E-state index in [9.17, 15) is 9.59 Å². The van der Waals surface area contributed by atoms with Crippen LogP contribution in [0.25, 0.3) is 0 Å². The van der Waals surface area contributed by atoms with Crippen molar-refractivity contribution in [3.05, 3.63) is 76.3 Å². The summed E-state index contributed by atoms with van der Waals surface area (Å²) in [5.41, 5.74) is 6.17. The monoisotopic (exact) mass is 761 g/mol. The van der Waals surface area contributed by atoms with Gasteiger partial charge < -0.3 is 33.9 Å². The van der Waals surface area contributed by atoms with Gasteiger partial charge in [0.1, 0.15) is 4.32 Å². The predicted molar refractivity (Wildman–Crippen MR) is 213 cm³/mol. The number of nitrogens with zero attached hydrogens (tertiary/aromatic N) is 2. The maximum Gasteiger partial charge on any atom is 0.338 e. The van der Waals surface area contributed by atoms with Gasteiger partial charge in [-0.25, -0.2) is 4.79 Å². The summed E-state index contributed by atoms with van der Waals surface area (Å²) in [6.45, 7) is 7.21. The van der Waals surface area contributed by atoms with Gasteiger partial charge in [0, 0.05) is 31.4 Å². The van der Waals surface area contributed by atoms with E-state index >= 15 is 0 Å². The van der Waals surface area contributed by atoms with Crippen LogP contribution in [-0.2, 0) is 22.4 Å². The number of thioether (sulfide) groups is 1. The van der Waals surface area contributed by atoms with E-state index in [0.717, 1.165) is 69.0 Å². The maximum atomic E-state index is 13.1. The van der Waals surface area contributed by atoms with E-state index in [1.54, 1.807) is 59.6 Å². The lowest BCUT2D eigenvalue weighted by Gasteiger charge is -2.49. The third-order valence-corrected chi connectivity index (χ3v) is 12.5. The van der Waals surface area contributed by atoms with Gasteiger partial charge in [-0.1, -0.05) is 37.3 Å². The molecule has 53 heavy (non-hydrogen) atoms. The Hall–Kier alpha value is -4.00. The molecule has 3 aromatic carbocycles. The molecule has 0 radical (unpaired) electrons. The van der Waals surface area contributed by atoms with Gasteiger partial charge in [0.2, 0.25) is 5.91 Å². The SMILES string of the molecule is CCOC(=O)c1ccc(NC(=O)CSC(=S)N2CCc3cc(OC)c(OC)cc3C2CC2CC3c4cc(OC)c(OC)cc4CCN3CC2CC)cc1. The Morgan fingerprint density at radius 3 is 2.06 bits per heavy atom. The Balaban J connectivity index is 1.23. The summed E-state index contributed by atoms with van der Waals surface area (Å²) >= 11 is 7.52. The molecule has 0 aliphatic carbocycles. The molecule has 1 fully saturated rings. The fourth-order valence-electron chi connectivity index (χ4n) is 8.35. The molecule has 3 aliphatic rings. The third-order valence-electron chi connectivity index (χ3n) is 11.1. The zero-order valence-electron chi connectivity index (χ0n) is 31.6. The highest BCUT2D eigenvalue weighted by Crippen LogP contribution is 2.49. The first-order valence-corrected chi connectivity index (χ1v) is 19.8. The maximum absolute atomic E-state index is 13.1. The van der Waals surface area contributed by atoms with Gasteiger partial charge >= 0.3 is 5.97 Å². The first kappa shape index (κ1) is 38.7. The number of amides is 1. The second kappa shape index (κ2) is 17.4. The van der Waals surface area contributed by atoms with Crippen LogP contribution in [0, 0.1) is 11.8 Å². The molecule has 3 aromatic rings. The smallest absolute Gasteiger partial charge is 0.338 e. The van der Waals surface area contributed by atoms with Gasteiger partial charge in [-0.05, 0) is 115 Å². The number of nitrogens with one attached hydrogen (secondary N) is 1. The number of anilines is 1. The molecule has 4 atom stereocenters. The van der Waals surface area contributed by atoms with Crippen LogP contribution >= 0.6 is 24.0 Å². The second-order valence-electron chi connectivity index (χ2n) is 13.8. The van der Waals surface area contributed by atoms with Crippen molar-refractivity contribution in [2.75, 3.05) is 65.7 Å². The van der Waals surface area contributed by atoms with E-state index in [0.29, 0.717) is 45.8 Å². The molecule has 0 spiro atoms. The van der Waals surface area contributed by atoms with Crippen LogP contribution in [0.4, 0.5) is 5.69 Å². The van der Waals surface area contributed by atoms with Gasteiger partial charge in [0.05, 0.1) is 52.4 Å². The minimum atomic E-state index is -0.389. The number of ether oxygens (including phenoxy) is 5. The molecular weight excluding hydrogens is 711 g/mol. The summed E-state index contributed by atoms with van der Waals surface area (Å²) in [6, 6.07) is 15.6. The van der Waals surface area contributed by atoms with Gasteiger partial charge in [-0.3, -0.25) is 9.69 Å². The lowest BCUT2D eigenvalue weighted by Crippen LogP contribution is -2.47. The molecule has 12 heteroatoms. The van der Waals surface area contributed by atoms with Crippen molar-refractivity contribution in [3.8, 4) is 23.0 Å². The number of thiocarbonyl (C=S) groups is 1. The molecular formula is C41H51N3O7S2. The van der Waals surface area contributed by atoms with E-state index in [2.05, 4.69) is 46.3 Å². The van der Waals surface area contributed by atoms with E-state index in [-0.39, 0.29) is 23.7 Å². The summed E-state index contributed by atoms with van der Waals surface area (Å²) in [7, 11) is 6.75. The minimum Gasteiger partial charge on any atom is -0.493 e. The highest BCUT2D eigenvalue weighted by molar-refractivity contribution is 8.23. The fraction of sp³-hybridized carbons (Fsp3) is 0.488. The highest BCUT2D eigenvalue weighted by atomic mass is 32.2. The molecule has 3 aliphatic heterocycles. The van der Waals surface area contributed by atoms with E-state index < -0.39 is 0 Å². The van der Waals surface area contributed by atoms with Crippen LogP contribution in [-0.4, -0.2) is 86.4 Å². The second-order valence-corrected chi connectivity index (χ2v) is 15.4. The van der Waals surface area contributed by atoms with Crippen molar-refractivity contribution in [3.63, 3.8) is 0 Å². The molecule has 10 nitrogen and oxygen atoms in total. The Labute approximate surface area is 322 Å². The van der Waals surface area contributed by atoms with Crippen molar-refractivity contribution in [1.82, 2.24) is 9.80 Å². The Kier molecular flexibility index (Phi) is 12.7. The van der Waals surface area contributed by atoms with Gasteiger partial charge in [0.15, 0.2) is 23.0 Å². The van der Waals surface area contributed by atoms with Crippen molar-refractivity contribution in [2.24, 2.45) is 11.8 Å². The number of piperidine rings is 1. The Morgan fingerprint density at radius 2 is 1.43 bits per heavy atom. The fourth-order valence-corrected chi connectivity index (χ4v) is 9.46. The van der Waals surface area contributed by atoms with Gasteiger partial charge in [0.25, 0.3) is 0 Å². The number of esters is 1. The molecule has 1 amide bonds. The molecule has 0 bridgehead atoms. The summed E-state index contributed by atoms with van der Waals surface area (Å²) in [6.07, 6.45) is 4.85. The summed E-state index contributed by atoms with van der Waals surface area (Å²) in [5, 5.41) is 2.94. The van der Waals surface area contributed by atoms with E-state index in [1.165, 1.54) is 34.0 Å². The van der Waals surface area contributed by atoms with Crippen molar-refractivity contribution in [2.45, 2.75) is 58.0 Å². The summed E-state index contributed by atoms with van der Waals surface area (Å²) in [4.78, 5) is 30.2. The number of carbonyl (C=O) groups is 2. The molecule has 1 N–H and O–H groups in total. The summed E-state index contributed by atoms with van der Waals surface area (Å²) in [5.74, 6) is 3.56. The topological polar surface area (TPSA) is 98.8 Å². The van der Waals surface area contributed by atoms with E-state index in [4.69, 9.17) is 35.9 Å². The largest absolute Gasteiger partial charge is 0.493 e. The van der Waals surface area contributed by atoms with Crippen LogP contribution < -0.4 is 24.3 Å². The highest BCUT2D eigenvalue weighted by Gasteiger charge is 2.42. The summed E-state index contributed by atoms with van der Waals surface area (Å²) < 4.78 is 28.7. The molecule has 6 rings (SSSR count). The van der Waals surface area contributed by atoms with Crippen LogP contribution in [0.5, 0.6) is 23.0 Å². The number of hydrogen-bond acceptors (Lipinski definition) is 10. The molecule has 3 heterocycles. The third kappa shape index (κ3) is 8.39. The van der Waals surface area contributed by atoms with Crippen LogP contribution in [0.1, 0.15) is 77.8 Å². The first-order chi connectivity index (χ1) is 25.7. The van der Waals surface area contributed by atoms with Gasteiger partial charge in [-0.15, -0.1) is 0 Å². The number of benzene rings is 3. The predicted octanol–water partition coefficient (Wildman–Crippen LogP) is 7.49. The van der Waals surface area contributed by atoms with Crippen molar-refractivity contribution >= 4 is 45.9 Å². The lowest BCUT2D eigenvalue weighted by molar-refractivity contribution is -0.113. The number of fused-ring (bicyclic) bond motifs is 4. The first-order valence-electron chi connectivity index (χ1n) is 18.5. The van der Waals surface area contributed by atoms with Crippen LogP contribution in [0.2, 0.25) is 0 Å². The number of rotatable bonds is 12. The van der Waals surface area contributed by atoms with Crippen LogP contribution in [0.3, 0.4) is 0 Å². The molecule has 1 saturated heterocycles. The zero-order valence-corrected chi connectivity index (χ0v) is 33.2. The molecule has 0 aromatic heterocycles. The van der Waals surface area contributed by atoms with E-state index in [1.807, 2.05) is 0 Å². The minimum absolute atomic E-state index is 0.0103. The van der Waals surface area contributed by atoms with Crippen molar-refractivity contribution in [1.29, 1.82) is 0 Å². The number of methoxy groups -OCH3 is 4. The quantitative estimate of drug-likeness (QED) is 0.147. The average Bonchev–Trinajstić information content (AvgIpc) is 3.18. The Morgan fingerprint density at radius 1 is 0.830 bits per heavy atom. The molecule has 0 saturated carbocycles. The van der Waals surface area contributed by atoms with Crippen LogP contribution in [0.15, 0.2) is 48.5 Å². The van der Waals surface area contributed by atoms with Gasteiger partial charge in [-0.2, -0.15) is 0 Å². The zero-order chi connectivity index (χ0) is 37.6. The molecule has 284 valence electrons. The Bertz CT molecular complexity index is 1800.